The molecule has 4 heteroatoms. The number of ether oxygens (including phenoxy) is 1. The lowest BCUT2D eigenvalue weighted by atomic mass is 10.1. The molecule has 0 bridgehead atoms. The summed E-state index contributed by atoms with van der Waals surface area (Å²) in [6.07, 6.45) is 0.754. The lowest BCUT2D eigenvalue weighted by molar-refractivity contribution is 0.383. The first kappa shape index (κ1) is 8.91. The molecular weight excluding hydrogens is 206 g/mol. The number of rotatable bonds is 2. The lowest BCUT2D eigenvalue weighted by Crippen LogP contribution is -2.02. The number of halogens is 1. The van der Waals surface area contributed by atoms with Crippen molar-refractivity contribution in [3.8, 4) is 0 Å². The third-order valence-corrected chi connectivity index (χ3v) is 2.52. The van der Waals surface area contributed by atoms with Crippen LogP contribution in [0.5, 0.6) is 0 Å². The van der Waals surface area contributed by atoms with Gasteiger partial charge in [-0.1, -0.05) is 23.7 Å². The van der Waals surface area contributed by atoms with Gasteiger partial charge < -0.3 is 4.74 Å². The average molecular weight is 214 g/mol. The van der Waals surface area contributed by atoms with Crippen LogP contribution in [0.1, 0.15) is 5.56 Å². The lowest BCUT2D eigenvalue weighted by Gasteiger charge is -2.00. The van der Waals surface area contributed by atoms with Gasteiger partial charge in [-0.3, -0.25) is 0 Å². The minimum Gasteiger partial charge on any atom is -0.467 e. The van der Waals surface area contributed by atoms with Gasteiger partial charge in [0.2, 0.25) is 0 Å². The van der Waals surface area contributed by atoms with Crippen LogP contribution in [0.2, 0.25) is 5.02 Å². The van der Waals surface area contributed by atoms with E-state index in [2.05, 4.69) is 4.40 Å². The SMILES string of the molecule is Clc1ccc(CC2=NSCO2)cc1. The molecule has 0 aromatic heterocycles. The number of nitrogens with zero attached hydrogens (tertiary/aromatic N) is 1. The van der Waals surface area contributed by atoms with Crippen LogP contribution in [0, 0.1) is 0 Å². The highest BCUT2D eigenvalue weighted by molar-refractivity contribution is 7.98. The normalized spacial score (nSPS) is 15.3. The molecule has 1 heterocycles. The fourth-order valence-electron chi connectivity index (χ4n) is 1.08. The van der Waals surface area contributed by atoms with Crippen molar-refractivity contribution in [2.75, 3.05) is 5.94 Å². The Morgan fingerprint density at radius 2 is 2.15 bits per heavy atom. The largest absolute Gasteiger partial charge is 0.467 e. The second-order valence-electron chi connectivity index (χ2n) is 2.68. The molecule has 0 radical (unpaired) electrons. The quantitative estimate of drug-likeness (QED) is 0.705. The smallest absolute Gasteiger partial charge is 0.200 e. The zero-order valence-corrected chi connectivity index (χ0v) is 8.44. The molecule has 0 saturated carbocycles. The van der Waals surface area contributed by atoms with Crippen LogP contribution in [-0.2, 0) is 11.2 Å². The van der Waals surface area contributed by atoms with Gasteiger partial charge in [0.05, 0.1) is 0 Å². The van der Waals surface area contributed by atoms with Crippen LogP contribution in [0.3, 0.4) is 0 Å². The van der Waals surface area contributed by atoms with Gasteiger partial charge in [-0.25, -0.2) is 0 Å². The Morgan fingerprint density at radius 3 is 2.77 bits per heavy atom. The van der Waals surface area contributed by atoms with E-state index in [0.29, 0.717) is 5.94 Å². The molecule has 0 saturated heterocycles. The molecule has 0 unspecified atom stereocenters. The third kappa shape index (κ3) is 2.39. The summed E-state index contributed by atoms with van der Waals surface area (Å²) in [6, 6.07) is 7.72. The predicted octanol–water partition coefficient (Wildman–Crippen LogP) is 2.92. The first-order valence-corrected chi connectivity index (χ1v) is 5.23. The minimum absolute atomic E-state index is 0.642. The van der Waals surface area contributed by atoms with Crippen LogP contribution >= 0.6 is 23.5 Å². The molecule has 0 fully saturated rings. The highest BCUT2D eigenvalue weighted by Gasteiger charge is 2.08. The molecule has 0 aliphatic carbocycles. The summed E-state index contributed by atoms with van der Waals surface area (Å²) in [7, 11) is 0. The average Bonchev–Trinajstić information content (AvgIpc) is 2.62. The summed E-state index contributed by atoms with van der Waals surface area (Å²) in [6.45, 7) is 0. The van der Waals surface area contributed by atoms with Crippen molar-refractivity contribution in [3.63, 3.8) is 0 Å². The molecule has 1 aromatic rings. The number of benzene rings is 1. The first-order valence-electron chi connectivity index (χ1n) is 3.91. The maximum atomic E-state index is 5.76. The summed E-state index contributed by atoms with van der Waals surface area (Å²) in [4.78, 5) is 0. The molecule has 2 nitrogen and oxygen atoms in total. The second-order valence-corrected chi connectivity index (χ2v) is 3.79. The van der Waals surface area contributed by atoms with E-state index < -0.39 is 0 Å². The summed E-state index contributed by atoms with van der Waals surface area (Å²) >= 11 is 7.21. The summed E-state index contributed by atoms with van der Waals surface area (Å²) in [5.74, 6) is 1.44. The van der Waals surface area contributed by atoms with E-state index >= 15 is 0 Å². The molecule has 0 N–H and O–H groups in total. The van der Waals surface area contributed by atoms with E-state index in [1.165, 1.54) is 17.5 Å². The van der Waals surface area contributed by atoms with Crippen LogP contribution in [0.4, 0.5) is 0 Å². The Balaban J connectivity index is 2.05. The van der Waals surface area contributed by atoms with E-state index in [9.17, 15) is 0 Å². The molecule has 0 atom stereocenters. The zero-order chi connectivity index (χ0) is 9.10. The van der Waals surface area contributed by atoms with Crippen molar-refractivity contribution in [1.82, 2.24) is 0 Å². The van der Waals surface area contributed by atoms with Crippen molar-refractivity contribution < 1.29 is 4.74 Å². The van der Waals surface area contributed by atoms with Gasteiger partial charge in [-0.15, -0.1) is 0 Å². The van der Waals surface area contributed by atoms with Gasteiger partial charge in [0.1, 0.15) is 0 Å². The standard InChI is InChI=1S/C9H8ClNOS/c10-8-3-1-7(2-4-8)5-9-11-13-6-12-9/h1-4H,5-6H2. The predicted molar refractivity (Wildman–Crippen MR) is 56.1 cm³/mol. The fourth-order valence-corrected chi connectivity index (χ4v) is 1.71. The number of hydrogen-bond acceptors (Lipinski definition) is 3. The molecule has 68 valence electrons. The Kier molecular flexibility index (Phi) is 2.76. The first-order chi connectivity index (χ1) is 6.34. The van der Waals surface area contributed by atoms with Gasteiger partial charge in [0.25, 0.3) is 0 Å². The van der Waals surface area contributed by atoms with Crippen molar-refractivity contribution in [3.05, 3.63) is 34.9 Å². The molecule has 13 heavy (non-hydrogen) atoms. The van der Waals surface area contributed by atoms with Gasteiger partial charge in [-0.05, 0) is 17.7 Å². The molecule has 1 aliphatic rings. The van der Waals surface area contributed by atoms with Crippen LogP contribution in [0.15, 0.2) is 28.7 Å². The highest BCUT2D eigenvalue weighted by atomic mass is 35.5. The van der Waals surface area contributed by atoms with E-state index in [-0.39, 0.29) is 0 Å². The highest BCUT2D eigenvalue weighted by Crippen LogP contribution is 2.16. The molecular formula is C9H8ClNOS. The maximum absolute atomic E-state index is 5.76. The van der Waals surface area contributed by atoms with Gasteiger partial charge in [0.15, 0.2) is 11.8 Å². The Morgan fingerprint density at radius 1 is 1.38 bits per heavy atom. The summed E-state index contributed by atoms with van der Waals surface area (Å²) in [5.41, 5.74) is 1.17. The third-order valence-electron chi connectivity index (χ3n) is 1.71. The van der Waals surface area contributed by atoms with Crippen molar-refractivity contribution in [2.24, 2.45) is 4.40 Å². The molecule has 2 rings (SSSR count). The fraction of sp³-hybridized carbons (Fsp3) is 0.222. The summed E-state index contributed by atoms with van der Waals surface area (Å²) < 4.78 is 9.40. The van der Waals surface area contributed by atoms with Crippen LogP contribution in [-0.4, -0.2) is 11.8 Å². The van der Waals surface area contributed by atoms with Gasteiger partial charge in [-0.2, -0.15) is 4.40 Å². The molecule has 1 aliphatic heterocycles. The van der Waals surface area contributed by atoms with E-state index in [4.69, 9.17) is 16.3 Å². The van der Waals surface area contributed by atoms with Crippen LogP contribution in [0.25, 0.3) is 0 Å². The Bertz CT molecular complexity index is 323. The molecule has 0 spiro atoms. The topological polar surface area (TPSA) is 21.6 Å². The maximum Gasteiger partial charge on any atom is 0.200 e. The van der Waals surface area contributed by atoms with E-state index in [0.717, 1.165) is 17.3 Å². The van der Waals surface area contributed by atoms with E-state index in [1.54, 1.807) is 0 Å². The Hall–Kier alpha value is -0.670. The van der Waals surface area contributed by atoms with Crippen molar-refractivity contribution in [2.45, 2.75) is 6.42 Å². The van der Waals surface area contributed by atoms with Crippen molar-refractivity contribution in [1.29, 1.82) is 0 Å². The summed E-state index contributed by atoms with van der Waals surface area (Å²) in [5, 5.41) is 0.757. The second kappa shape index (κ2) is 4.03. The van der Waals surface area contributed by atoms with Gasteiger partial charge in [0, 0.05) is 23.4 Å². The molecule has 0 amide bonds. The Labute approximate surface area is 86.1 Å². The van der Waals surface area contributed by atoms with Crippen LogP contribution < -0.4 is 0 Å². The van der Waals surface area contributed by atoms with E-state index in [1.807, 2.05) is 24.3 Å². The molecule has 1 aromatic carbocycles. The number of hydrogen-bond donors (Lipinski definition) is 0. The van der Waals surface area contributed by atoms with Gasteiger partial charge >= 0.3 is 0 Å². The zero-order valence-electron chi connectivity index (χ0n) is 6.87. The van der Waals surface area contributed by atoms with Crippen molar-refractivity contribution >= 4 is 29.4 Å². The monoisotopic (exact) mass is 213 g/mol. The minimum atomic E-state index is 0.642.